The van der Waals surface area contributed by atoms with Crippen LogP contribution in [0, 0.1) is 6.57 Å². The van der Waals surface area contributed by atoms with E-state index in [1.165, 1.54) is 0 Å². The first-order chi connectivity index (χ1) is 7.31. The summed E-state index contributed by atoms with van der Waals surface area (Å²) in [5.74, 6) is 1.25. The molecule has 1 aromatic carbocycles. The Morgan fingerprint density at radius 1 is 1.33 bits per heavy atom. The van der Waals surface area contributed by atoms with Gasteiger partial charge in [0.05, 0.1) is 18.2 Å². The molecule has 0 atom stereocenters. The van der Waals surface area contributed by atoms with E-state index in [4.69, 9.17) is 27.6 Å². The topological polar surface area (TPSA) is 22.8 Å². The minimum atomic E-state index is 0.316. The molecule has 0 amide bonds. The van der Waals surface area contributed by atoms with Gasteiger partial charge in [-0.2, -0.15) is 0 Å². The highest BCUT2D eigenvalue weighted by atomic mass is 35.5. The molecule has 0 unspecified atom stereocenters. The molecule has 0 N–H and O–H groups in total. The SMILES string of the molecule is [C-]#[N+]Cc1cc(Cl)c2c(c1)OCCCO2. The van der Waals surface area contributed by atoms with Crippen LogP contribution in [0.4, 0.5) is 0 Å². The molecule has 0 fully saturated rings. The van der Waals surface area contributed by atoms with E-state index < -0.39 is 0 Å². The predicted molar refractivity (Wildman–Crippen MR) is 57.4 cm³/mol. The zero-order valence-corrected chi connectivity index (χ0v) is 8.88. The molecule has 1 heterocycles. The van der Waals surface area contributed by atoms with Crippen molar-refractivity contribution < 1.29 is 9.47 Å². The Kier molecular flexibility index (Phi) is 2.98. The number of ether oxygens (including phenoxy) is 2. The fourth-order valence-corrected chi connectivity index (χ4v) is 1.75. The van der Waals surface area contributed by atoms with E-state index in [1.807, 2.05) is 6.07 Å². The Labute approximate surface area is 93.4 Å². The van der Waals surface area contributed by atoms with Crippen LogP contribution in [0.3, 0.4) is 0 Å². The summed E-state index contributed by atoms with van der Waals surface area (Å²) in [5.41, 5.74) is 0.860. The Hall–Kier alpha value is -1.40. The van der Waals surface area contributed by atoms with Crippen LogP contribution in [-0.4, -0.2) is 13.2 Å². The van der Waals surface area contributed by atoms with Gasteiger partial charge in [0.1, 0.15) is 0 Å². The highest BCUT2D eigenvalue weighted by molar-refractivity contribution is 6.32. The summed E-state index contributed by atoms with van der Waals surface area (Å²) < 4.78 is 11.0. The monoisotopic (exact) mass is 223 g/mol. The molecule has 3 nitrogen and oxygen atoms in total. The number of halogens is 1. The van der Waals surface area contributed by atoms with Gasteiger partial charge >= 0.3 is 0 Å². The number of benzene rings is 1. The molecule has 0 aromatic heterocycles. The van der Waals surface area contributed by atoms with Crippen LogP contribution in [0.25, 0.3) is 4.85 Å². The Balaban J connectivity index is 2.40. The third kappa shape index (κ3) is 2.16. The Morgan fingerprint density at radius 3 is 2.93 bits per heavy atom. The highest BCUT2D eigenvalue weighted by Crippen LogP contribution is 2.38. The molecule has 0 aliphatic carbocycles. The van der Waals surface area contributed by atoms with E-state index in [0.29, 0.717) is 36.3 Å². The first-order valence-corrected chi connectivity index (χ1v) is 5.10. The van der Waals surface area contributed by atoms with E-state index in [1.54, 1.807) is 6.07 Å². The smallest absolute Gasteiger partial charge is 0.239 e. The second-order valence-electron chi connectivity index (χ2n) is 3.27. The molecule has 0 spiro atoms. The van der Waals surface area contributed by atoms with Crippen molar-refractivity contribution in [2.75, 3.05) is 13.2 Å². The average Bonchev–Trinajstić information content (AvgIpc) is 2.43. The molecule has 4 heteroatoms. The van der Waals surface area contributed by atoms with Gasteiger partial charge in [0.25, 0.3) is 0 Å². The summed E-state index contributed by atoms with van der Waals surface area (Å²) in [7, 11) is 0. The third-order valence-corrected chi connectivity index (χ3v) is 2.40. The highest BCUT2D eigenvalue weighted by Gasteiger charge is 2.16. The maximum atomic E-state index is 6.80. The van der Waals surface area contributed by atoms with Crippen LogP contribution in [0.15, 0.2) is 12.1 Å². The molecule has 2 rings (SSSR count). The van der Waals surface area contributed by atoms with Gasteiger partial charge in [0.15, 0.2) is 11.5 Å². The minimum Gasteiger partial charge on any atom is -0.489 e. The molecular formula is C11H10ClNO2. The van der Waals surface area contributed by atoms with Crippen molar-refractivity contribution in [2.45, 2.75) is 13.0 Å². The van der Waals surface area contributed by atoms with Gasteiger partial charge in [-0.05, 0) is 12.1 Å². The van der Waals surface area contributed by atoms with E-state index in [0.717, 1.165) is 12.0 Å². The van der Waals surface area contributed by atoms with Crippen LogP contribution in [0.5, 0.6) is 11.5 Å². The van der Waals surface area contributed by atoms with Gasteiger partial charge in [0, 0.05) is 12.0 Å². The van der Waals surface area contributed by atoms with Crippen molar-refractivity contribution in [1.29, 1.82) is 0 Å². The standard InChI is InChI=1S/C11H10ClNO2/c1-13-7-8-5-9(12)11-10(6-8)14-3-2-4-15-11/h5-6H,2-4,7H2. The zero-order chi connectivity index (χ0) is 10.7. The van der Waals surface area contributed by atoms with Crippen LogP contribution in [-0.2, 0) is 6.54 Å². The molecule has 15 heavy (non-hydrogen) atoms. The summed E-state index contributed by atoms with van der Waals surface area (Å²) in [5, 5.41) is 0.521. The summed E-state index contributed by atoms with van der Waals surface area (Å²) in [6, 6.07) is 3.58. The predicted octanol–water partition coefficient (Wildman–Crippen LogP) is 2.92. The third-order valence-electron chi connectivity index (χ3n) is 2.12. The van der Waals surface area contributed by atoms with Crippen molar-refractivity contribution in [1.82, 2.24) is 0 Å². The van der Waals surface area contributed by atoms with E-state index >= 15 is 0 Å². The molecule has 1 aliphatic heterocycles. The molecule has 0 radical (unpaired) electrons. The first-order valence-electron chi connectivity index (χ1n) is 4.72. The largest absolute Gasteiger partial charge is 0.489 e. The number of hydrogen-bond donors (Lipinski definition) is 0. The molecule has 1 aromatic rings. The lowest BCUT2D eigenvalue weighted by Crippen LogP contribution is -1.97. The van der Waals surface area contributed by atoms with E-state index in [9.17, 15) is 0 Å². The average molecular weight is 224 g/mol. The normalized spacial score (nSPS) is 14.1. The van der Waals surface area contributed by atoms with Crippen molar-refractivity contribution in [3.05, 3.63) is 34.1 Å². The van der Waals surface area contributed by atoms with Crippen molar-refractivity contribution in [2.24, 2.45) is 0 Å². The maximum Gasteiger partial charge on any atom is 0.239 e. The van der Waals surface area contributed by atoms with Crippen LogP contribution in [0.1, 0.15) is 12.0 Å². The molecule has 0 saturated heterocycles. The Morgan fingerprint density at radius 2 is 2.13 bits per heavy atom. The van der Waals surface area contributed by atoms with Gasteiger partial charge in [-0.15, -0.1) is 0 Å². The van der Waals surface area contributed by atoms with E-state index in [-0.39, 0.29) is 0 Å². The second kappa shape index (κ2) is 4.41. The molecule has 78 valence electrons. The summed E-state index contributed by atoms with van der Waals surface area (Å²) >= 11 is 6.05. The Bertz CT molecular complexity index is 412. The second-order valence-corrected chi connectivity index (χ2v) is 3.68. The lowest BCUT2D eigenvalue weighted by atomic mass is 10.2. The fraction of sp³-hybridized carbons (Fsp3) is 0.364. The van der Waals surface area contributed by atoms with Gasteiger partial charge < -0.3 is 14.3 Å². The maximum absolute atomic E-state index is 6.80. The zero-order valence-electron chi connectivity index (χ0n) is 8.12. The first kappa shape index (κ1) is 10.1. The van der Waals surface area contributed by atoms with Crippen LogP contribution < -0.4 is 9.47 Å². The van der Waals surface area contributed by atoms with Crippen molar-refractivity contribution >= 4 is 11.6 Å². The number of fused-ring (bicyclic) bond motifs is 1. The molecule has 0 bridgehead atoms. The van der Waals surface area contributed by atoms with Crippen molar-refractivity contribution in [3.63, 3.8) is 0 Å². The number of rotatable bonds is 1. The minimum absolute atomic E-state index is 0.316. The van der Waals surface area contributed by atoms with Crippen molar-refractivity contribution in [3.8, 4) is 11.5 Å². The number of hydrogen-bond acceptors (Lipinski definition) is 2. The van der Waals surface area contributed by atoms with E-state index in [2.05, 4.69) is 4.85 Å². The molecule has 0 saturated carbocycles. The lowest BCUT2D eigenvalue weighted by Gasteiger charge is -2.09. The summed E-state index contributed by atoms with van der Waals surface area (Å²) in [6.07, 6.45) is 0.850. The summed E-state index contributed by atoms with van der Waals surface area (Å²) in [4.78, 5) is 3.31. The molecular weight excluding hydrogens is 214 g/mol. The number of nitrogens with zero attached hydrogens (tertiary/aromatic N) is 1. The van der Waals surface area contributed by atoms with Gasteiger partial charge in [0.2, 0.25) is 6.54 Å². The van der Waals surface area contributed by atoms with Crippen LogP contribution in [0.2, 0.25) is 5.02 Å². The van der Waals surface area contributed by atoms with Gasteiger partial charge in [-0.1, -0.05) is 11.6 Å². The quantitative estimate of drug-likeness (QED) is 0.684. The van der Waals surface area contributed by atoms with Gasteiger partial charge in [-0.25, -0.2) is 6.57 Å². The summed E-state index contributed by atoms with van der Waals surface area (Å²) in [6.45, 7) is 8.37. The lowest BCUT2D eigenvalue weighted by molar-refractivity contribution is 0.297. The molecule has 1 aliphatic rings. The van der Waals surface area contributed by atoms with Gasteiger partial charge in [-0.3, -0.25) is 0 Å². The van der Waals surface area contributed by atoms with Crippen LogP contribution >= 0.6 is 11.6 Å². The fourth-order valence-electron chi connectivity index (χ4n) is 1.47.